The van der Waals surface area contributed by atoms with Gasteiger partial charge in [0, 0.05) is 6.54 Å². The molecule has 4 nitrogen and oxygen atoms in total. The zero-order valence-electron chi connectivity index (χ0n) is 11.7. The van der Waals surface area contributed by atoms with Gasteiger partial charge in [-0.3, -0.25) is 4.79 Å². The number of hydrogen-bond acceptors (Lipinski definition) is 3. The molecule has 0 bridgehead atoms. The quantitative estimate of drug-likeness (QED) is 0.829. The topological polar surface area (TPSA) is 44.4 Å². The Labute approximate surface area is 128 Å². The number of amides is 1. The molecule has 0 aromatic carbocycles. The maximum absolute atomic E-state index is 11.9. The molecule has 0 spiro atoms. The Kier molecular flexibility index (Phi) is 9.79. The van der Waals surface area contributed by atoms with Gasteiger partial charge in [0.2, 0.25) is 5.91 Å². The molecular weight excluding hydrogens is 285 g/mol. The molecule has 2 saturated heterocycles. The molecule has 1 atom stereocenters. The van der Waals surface area contributed by atoms with Crippen molar-refractivity contribution in [2.24, 2.45) is 5.92 Å². The molecule has 0 aromatic rings. The predicted octanol–water partition coefficient (Wildman–Crippen LogP) is 1.43. The van der Waals surface area contributed by atoms with Crippen LogP contribution in [0.1, 0.15) is 32.1 Å². The first-order valence-corrected chi connectivity index (χ1v) is 6.95. The van der Waals surface area contributed by atoms with E-state index in [-0.39, 0.29) is 36.8 Å². The van der Waals surface area contributed by atoms with Crippen LogP contribution in [0.2, 0.25) is 0 Å². The molecule has 19 heavy (non-hydrogen) atoms. The number of hydrogen-bond donors (Lipinski definition) is 2. The molecule has 114 valence electrons. The van der Waals surface area contributed by atoms with Crippen LogP contribution in [-0.2, 0) is 4.79 Å². The molecule has 0 aromatic heterocycles. The monoisotopic (exact) mass is 311 g/mol. The van der Waals surface area contributed by atoms with Gasteiger partial charge in [0.15, 0.2) is 0 Å². The van der Waals surface area contributed by atoms with Crippen LogP contribution in [0, 0.1) is 5.92 Å². The third-order valence-corrected chi connectivity index (χ3v) is 4.03. The summed E-state index contributed by atoms with van der Waals surface area (Å²) in [6.45, 7) is 4.20. The van der Waals surface area contributed by atoms with E-state index in [2.05, 4.69) is 22.6 Å². The summed E-state index contributed by atoms with van der Waals surface area (Å²) >= 11 is 0. The van der Waals surface area contributed by atoms with Crippen molar-refractivity contribution in [3.8, 4) is 0 Å². The van der Waals surface area contributed by atoms with E-state index in [1.807, 2.05) is 0 Å². The predicted molar refractivity (Wildman–Crippen MR) is 83.4 cm³/mol. The van der Waals surface area contributed by atoms with Gasteiger partial charge in [-0.05, 0) is 58.3 Å². The van der Waals surface area contributed by atoms with Crippen molar-refractivity contribution in [1.29, 1.82) is 0 Å². The van der Waals surface area contributed by atoms with Gasteiger partial charge >= 0.3 is 0 Å². The second-order valence-electron chi connectivity index (χ2n) is 5.49. The molecule has 0 radical (unpaired) electrons. The lowest BCUT2D eigenvalue weighted by Crippen LogP contribution is -2.48. The molecule has 2 N–H and O–H groups in total. The van der Waals surface area contributed by atoms with Crippen LogP contribution in [0.4, 0.5) is 0 Å². The first kappa shape index (κ1) is 19.0. The Morgan fingerprint density at radius 2 is 1.89 bits per heavy atom. The van der Waals surface area contributed by atoms with Crippen molar-refractivity contribution in [3.63, 3.8) is 0 Å². The summed E-state index contributed by atoms with van der Waals surface area (Å²) in [6.07, 6.45) is 5.82. The fourth-order valence-electron chi connectivity index (χ4n) is 2.71. The molecule has 2 aliphatic heterocycles. The third kappa shape index (κ3) is 6.30. The SMILES string of the molecule is CN1CCC(CNC(=O)[C@@H]2CCCCN2)CC1.Cl.Cl. The van der Waals surface area contributed by atoms with E-state index in [1.165, 1.54) is 38.8 Å². The number of halogens is 2. The van der Waals surface area contributed by atoms with Crippen molar-refractivity contribution < 1.29 is 4.79 Å². The van der Waals surface area contributed by atoms with Crippen LogP contribution in [0.3, 0.4) is 0 Å². The highest BCUT2D eigenvalue weighted by atomic mass is 35.5. The molecule has 2 rings (SSSR count). The minimum atomic E-state index is 0. The van der Waals surface area contributed by atoms with Gasteiger partial charge in [-0.1, -0.05) is 6.42 Å². The second-order valence-corrected chi connectivity index (χ2v) is 5.49. The lowest BCUT2D eigenvalue weighted by Gasteiger charge is -2.30. The van der Waals surface area contributed by atoms with E-state index in [9.17, 15) is 4.79 Å². The number of nitrogens with one attached hydrogen (secondary N) is 2. The largest absolute Gasteiger partial charge is 0.354 e. The summed E-state index contributed by atoms with van der Waals surface area (Å²) in [5.74, 6) is 0.891. The van der Waals surface area contributed by atoms with E-state index < -0.39 is 0 Å². The molecule has 2 fully saturated rings. The highest BCUT2D eigenvalue weighted by Gasteiger charge is 2.22. The van der Waals surface area contributed by atoms with Crippen molar-refractivity contribution >= 4 is 30.7 Å². The number of piperidine rings is 2. The molecule has 0 aliphatic carbocycles. The Balaban J connectivity index is 0.00000162. The van der Waals surface area contributed by atoms with Crippen LogP contribution in [0.25, 0.3) is 0 Å². The number of rotatable bonds is 3. The average molecular weight is 312 g/mol. The first-order valence-electron chi connectivity index (χ1n) is 6.95. The summed E-state index contributed by atoms with van der Waals surface area (Å²) in [5.41, 5.74) is 0. The Bertz CT molecular complexity index is 252. The molecule has 0 saturated carbocycles. The van der Waals surface area contributed by atoms with Gasteiger partial charge in [-0.2, -0.15) is 0 Å². The van der Waals surface area contributed by atoms with Gasteiger partial charge in [0.05, 0.1) is 6.04 Å². The van der Waals surface area contributed by atoms with E-state index in [0.29, 0.717) is 5.92 Å². The highest BCUT2D eigenvalue weighted by molar-refractivity contribution is 5.85. The van der Waals surface area contributed by atoms with Gasteiger partial charge in [0.1, 0.15) is 0 Å². The van der Waals surface area contributed by atoms with Crippen LogP contribution in [0.15, 0.2) is 0 Å². The summed E-state index contributed by atoms with van der Waals surface area (Å²) in [5, 5.41) is 6.41. The molecular formula is C13H27Cl2N3O. The van der Waals surface area contributed by atoms with E-state index in [1.54, 1.807) is 0 Å². The number of carbonyl (C=O) groups is 1. The Morgan fingerprint density at radius 1 is 1.21 bits per heavy atom. The lowest BCUT2D eigenvalue weighted by atomic mass is 9.97. The maximum Gasteiger partial charge on any atom is 0.237 e. The van der Waals surface area contributed by atoms with Gasteiger partial charge in [0.25, 0.3) is 0 Å². The maximum atomic E-state index is 11.9. The minimum Gasteiger partial charge on any atom is -0.354 e. The van der Waals surface area contributed by atoms with Crippen LogP contribution in [-0.4, -0.2) is 50.1 Å². The first-order chi connectivity index (χ1) is 8.25. The standard InChI is InChI=1S/C13H25N3O.2ClH/c1-16-8-5-11(6-9-16)10-15-13(17)12-4-2-3-7-14-12;;/h11-12,14H,2-10H2,1H3,(H,15,17);2*1H/t12-;;/m0../s1. The van der Waals surface area contributed by atoms with Gasteiger partial charge in [-0.25, -0.2) is 0 Å². The average Bonchev–Trinajstić information content (AvgIpc) is 2.39. The Hall–Kier alpha value is -0.0300. The number of nitrogens with zero attached hydrogens (tertiary/aromatic N) is 1. The molecule has 2 aliphatic rings. The van der Waals surface area contributed by atoms with Crippen molar-refractivity contribution in [2.75, 3.05) is 33.2 Å². The summed E-state index contributed by atoms with van der Waals surface area (Å²) < 4.78 is 0. The van der Waals surface area contributed by atoms with Crippen molar-refractivity contribution in [1.82, 2.24) is 15.5 Å². The van der Waals surface area contributed by atoms with E-state index in [4.69, 9.17) is 0 Å². The zero-order chi connectivity index (χ0) is 12.1. The summed E-state index contributed by atoms with van der Waals surface area (Å²) in [4.78, 5) is 14.3. The Morgan fingerprint density at radius 3 is 2.47 bits per heavy atom. The molecule has 0 unspecified atom stereocenters. The zero-order valence-corrected chi connectivity index (χ0v) is 13.3. The summed E-state index contributed by atoms with van der Waals surface area (Å²) in [6, 6.07) is 0.0648. The molecule has 6 heteroatoms. The molecule has 2 heterocycles. The van der Waals surface area contributed by atoms with E-state index >= 15 is 0 Å². The highest BCUT2D eigenvalue weighted by Crippen LogP contribution is 2.15. The van der Waals surface area contributed by atoms with Crippen LogP contribution in [0.5, 0.6) is 0 Å². The van der Waals surface area contributed by atoms with Gasteiger partial charge in [-0.15, -0.1) is 24.8 Å². The summed E-state index contributed by atoms with van der Waals surface area (Å²) in [7, 11) is 2.17. The lowest BCUT2D eigenvalue weighted by molar-refractivity contribution is -0.123. The fraction of sp³-hybridized carbons (Fsp3) is 0.923. The van der Waals surface area contributed by atoms with Crippen molar-refractivity contribution in [2.45, 2.75) is 38.1 Å². The normalized spacial score (nSPS) is 25.0. The van der Waals surface area contributed by atoms with Crippen molar-refractivity contribution in [3.05, 3.63) is 0 Å². The van der Waals surface area contributed by atoms with Crippen LogP contribution >= 0.6 is 24.8 Å². The van der Waals surface area contributed by atoms with Gasteiger partial charge < -0.3 is 15.5 Å². The number of likely N-dealkylation sites (tertiary alicyclic amines) is 1. The second kappa shape index (κ2) is 9.81. The molecule has 1 amide bonds. The van der Waals surface area contributed by atoms with E-state index in [0.717, 1.165) is 19.5 Å². The minimum absolute atomic E-state index is 0. The third-order valence-electron chi connectivity index (χ3n) is 4.03. The smallest absolute Gasteiger partial charge is 0.237 e. The van der Waals surface area contributed by atoms with Crippen LogP contribution < -0.4 is 10.6 Å². The number of carbonyl (C=O) groups excluding carboxylic acids is 1. The fourth-order valence-corrected chi connectivity index (χ4v) is 2.71.